The topological polar surface area (TPSA) is 50.8 Å². The zero-order chi connectivity index (χ0) is 19.2. The molecule has 0 saturated carbocycles. The molecule has 0 bridgehead atoms. The lowest BCUT2D eigenvalue weighted by Crippen LogP contribution is -2.47. The maximum absolute atomic E-state index is 13.1. The minimum absolute atomic E-state index is 0.149. The Labute approximate surface area is 164 Å². The van der Waals surface area contributed by atoms with Crippen LogP contribution < -0.4 is 10.1 Å². The molecule has 1 aliphatic rings. The first-order valence-corrected chi connectivity index (χ1v) is 9.30. The highest BCUT2D eigenvalue weighted by atomic mass is 79.9. The zero-order valence-electron chi connectivity index (χ0n) is 14.5. The summed E-state index contributed by atoms with van der Waals surface area (Å²) in [5.74, 6) is -1.68. The van der Waals surface area contributed by atoms with Crippen LogP contribution in [0.25, 0.3) is 0 Å². The summed E-state index contributed by atoms with van der Waals surface area (Å²) in [6, 6.07) is 10.9. The van der Waals surface area contributed by atoms with Crippen molar-refractivity contribution in [2.75, 3.05) is 32.8 Å². The number of carbonyl (C=O) groups is 1. The van der Waals surface area contributed by atoms with E-state index in [2.05, 4.69) is 21.2 Å². The van der Waals surface area contributed by atoms with Crippen LogP contribution in [0.4, 0.5) is 13.6 Å². The fraction of sp³-hybridized carbons (Fsp3) is 0.316. The number of urea groups is 1. The number of nitrogens with zero attached hydrogens (tertiary/aromatic N) is 1. The van der Waals surface area contributed by atoms with Gasteiger partial charge in [-0.1, -0.05) is 28.1 Å². The van der Waals surface area contributed by atoms with E-state index in [4.69, 9.17) is 9.47 Å². The van der Waals surface area contributed by atoms with Gasteiger partial charge in [0, 0.05) is 17.1 Å². The zero-order valence-corrected chi connectivity index (χ0v) is 16.0. The maximum atomic E-state index is 13.1. The van der Waals surface area contributed by atoms with Crippen molar-refractivity contribution in [2.45, 2.75) is 6.10 Å². The Bertz CT molecular complexity index is 806. The normalized spacial score (nSPS) is 16.9. The number of hydrogen-bond donors (Lipinski definition) is 1. The van der Waals surface area contributed by atoms with E-state index in [0.29, 0.717) is 19.7 Å². The summed E-state index contributed by atoms with van der Waals surface area (Å²) in [6.07, 6.45) is -0.180. The Kier molecular flexibility index (Phi) is 6.63. The van der Waals surface area contributed by atoms with Crippen molar-refractivity contribution in [1.29, 1.82) is 0 Å². The summed E-state index contributed by atoms with van der Waals surface area (Å²) in [4.78, 5) is 14.0. The first-order chi connectivity index (χ1) is 13.0. The number of ether oxygens (including phenoxy) is 2. The second-order valence-electron chi connectivity index (χ2n) is 6.02. The molecule has 2 aromatic rings. The molecule has 1 unspecified atom stereocenters. The number of amides is 2. The Hall–Kier alpha value is -2.19. The highest BCUT2D eigenvalue weighted by Crippen LogP contribution is 2.24. The lowest BCUT2D eigenvalue weighted by atomic mass is 10.1. The monoisotopic (exact) mass is 440 g/mol. The van der Waals surface area contributed by atoms with E-state index in [0.717, 1.165) is 22.2 Å². The molecule has 0 aliphatic carbocycles. The number of rotatable bonds is 5. The smallest absolute Gasteiger partial charge is 0.317 e. The Morgan fingerprint density at radius 3 is 2.89 bits per heavy atom. The Balaban J connectivity index is 1.45. The molecule has 0 spiro atoms. The van der Waals surface area contributed by atoms with E-state index in [-0.39, 0.29) is 31.0 Å². The van der Waals surface area contributed by atoms with Gasteiger partial charge in [-0.05, 0) is 29.8 Å². The van der Waals surface area contributed by atoms with Gasteiger partial charge in [0.1, 0.15) is 18.5 Å². The molecule has 1 heterocycles. The van der Waals surface area contributed by atoms with Gasteiger partial charge in [0.15, 0.2) is 11.6 Å². The third-order valence-corrected chi connectivity index (χ3v) is 4.61. The van der Waals surface area contributed by atoms with Gasteiger partial charge in [-0.2, -0.15) is 0 Å². The molecule has 5 nitrogen and oxygen atoms in total. The van der Waals surface area contributed by atoms with Crippen LogP contribution in [-0.2, 0) is 4.74 Å². The van der Waals surface area contributed by atoms with Crippen molar-refractivity contribution >= 4 is 22.0 Å². The number of hydrogen-bond acceptors (Lipinski definition) is 3. The van der Waals surface area contributed by atoms with Crippen molar-refractivity contribution in [3.63, 3.8) is 0 Å². The molecule has 2 amide bonds. The van der Waals surface area contributed by atoms with E-state index < -0.39 is 11.6 Å². The van der Waals surface area contributed by atoms with Gasteiger partial charge >= 0.3 is 6.03 Å². The van der Waals surface area contributed by atoms with Crippen LogP contribution >= 0.6 is 15.9 Å². The van der Waals surface area contributed by atoms with Gasteiger partial charge < -0.3 is 19.7 Å². The predicted molar refractivity (Wildman–Crippen MR) is 99.7 cm³/mol. The number of carbonyl (C=O) groups excluding carboxylic acids is 1. The number of morpholine rings is 1. The van der Waals surface area contributed by atoms with Gasteiger partial charge in [0.05, 0.1) is 19.7 Å². The summed E-state index contributed by atoms with van der Waals surface area (Å²) in [5, 5.41) is 2.76. The summed E-state index contributed by atoms with van der Waals surface area (Å²) in [5.41, 5.74) is 1.00. The van der Waals surface area contributed by atoms with Crippen molar-refractivity contribution in [3.05, 3.63) is 64.1 Å². The molecule has 1 aliphatic heterocycles. The fourth-order valence-electron chi connectivity index (χ4n) is 2.75. The molecule has 144 valence electrons. The quantitative estimate of drug-likeness (QED) is 0.717. The summed E-state index contributed by atoms with van der Waals surface area (Å²) >= 11 is 3.44. The van der Waals surface area contributed by atoms with Crippen molar-refractivity contribution in [3.8, 4) is 5.75 Å². The molecular formula is C19H19BrF2N2O3. The Morgan fingerprint density at radius 1 is 1.26 bits per heavy atom. The standard InChI is InChI=1S/C19H19BrF2N2O3/c20-14-3-1-2-13(10-14)18-12-24(7-9-27-18)19(25)23-6-8-26-15-4-5-16(21)17(22)11-15/h1-5,10-11,18H,6-9,12H2,(H,23,25). The molecular weight excluding hydrogens is 422 g/mol. The van der Waals surface area contributed by atoms with Gasteiger partial charge in [0.2, 0.25) is 0 Å². The first-order valence-electron chi connectivity index (χ1n) is 8.50. The van der Waals surface area contributed by atoms with Crippen molar-refractivity contribution < 1.29 is 23.0 Å². The van der Waals surface area contributed by atoms with E-state index in [1.807, 2.05) is 24.3 Å². The molecule has 0 aromatic heterocycles. The fourth-order valence-corrected chi connectivity index (χ4v) is 3.16. The molecule has 1 atom stereocenters. The number of benzene rings is 2. The lowest BCUT2D eigenvalue weighted by Gasteiger charge is -2.33. The molecule has 2 aromatic carbocycles. The average Bonchev–Trinajstić information content (AvgIpc) is 2.68. The van der Waals surface area contributed by atoms with Crippen molar-refractivity contribution in [1.82, 2.24) is 10.2 Å². The van der Waals surface area contributed by atoms with Crippen LogP contribution in [0.15, 0.2) is 46.9 Å². The second-order valence-corrected chi connectivity index (χ2v) is 6.93. The highest BCUT2D eigenvalue weighted by Gasteiger charge is 2.25. The third-order valence-electron chi connectivity index (χ3n) is 4.11. The van der Waals surface area contributed by atoms with Crippen LogP contribution in [0, 0.1) is 11.6 Å². The third kappa shape index (κ3) is 5.40. The average molecular weight is 441 g/mol. The minimum atomic E-state index is -0.969. The summed E-state index contributed by atoms with van der Waals surface area (Å²) in [7, 11) is 0. The van der Waals surface area contributed by atoms with Gasteiger partial charge in [-0.3, -0.25) is 0 Å². The number of halogens is 3. The summed E-state index contributed by atoms with van der Waals surface area (Å²) in [6.45, 7) is 1.80. The van der Waals surface area contributed by atoms with E-state index in [1.165, 1.54) is 6.07 Å². The van der Waals surface area contributed by atoms with Crippen LogP contribution in [0.5, 0.6) is 5.75 Å². The van der Waals surface area contributed by atoms with Gasteiger partial charge in [-0.25, -0.2) is 13.6 Å². The summed E-state index contributed by atoms with van der Waals surface area (Å²) < 4.78 is 38.0. The molecule has 1 fully saturated rings. The van der Waals surface area contributed by atoms with Crippen LogP contribution in [0.2, 0.25) is 0 Å². The maximum Gasteiger partial charge on any atom is 0.317 e. The predicted octanol–water partition coefficient (Wildman–Crippen LogP) is 3.89. The van der Waals surface area contributed by atoms with E-state index in [9.17, 15) is 13.6 Å². The first kappa shape index (κ1) is 19.6. The minimum Gasteiger partial charge on any atom is -0.492 e. The molecule has 1 N–H and O–H groups in total. The molecule has 8 heteroatoms. The lowest BCUT2D eigenvalue weighted by molar-refractivity contribution is -0.0155. The molecule has 3 rings (SSSR count). The second kappa shape index (κ2) is 9.14. The van der Waals surface area contributed by atoms with Crippen LogP contribution in [0.1, 0.15) is 11.7 Å². The molecule has 27 heavy (non-hydrogen) atoms. The van der Waals surface area contributed by atoms with E-state index >= 15 is 0 Å². The Morgan fingerprint density at radius 2 is 2.11 bits per heavy atom. The van der Waals surface area contributed by atoms with Crippen LogP contribution in [0.3, 0.4) is 0 Å². The van der Waals surface area contributed by atoms with Crippen molar-refractivity contribution in [2.24, 2.45) is 0 Å². The number of nitrogens with one attached hydrogen (secondary N) is 1. The SMILES string of the molecule is O=C(NCCOc1ccc(F)c(F)c1)N1CCOC(c2cccc(Br)c2)C1. The van der Waals surface area contributed by atoms with Crippen LogP contribution in [-0.4, -0.2) is 43.8 Å². The largest absolute Gasteiger partial charge is 0.492 e. The van der Waals surface area contributed by atoms with E-state index in [1.54, 1.807) is 4.90 Å². The highest BCUT2D eigenvalue weighted by molar-refractivity contribution is 9.10. The molecule has 1 saturated heterocycles. The molecule has 0 radical (unpaired) electrons. The van der Waals surface area contributed by atoms with Gasteiger partial charge in [-0.15, -0.1) is 0 Å². The van der Waals surface area contributed by atoms with Gasteiger partial charge in [0.25, 0.3) is 0 Å².